The van der Waals surface area contributed by atoms with E-state index in [1.165, 1.54) is 43.3 Å². The molecule has 0 aliphatic heterocycles. The standard InChI is InChI=1S/C23H24N2O7S/c1-5-23(3,32-18-10-8-17(15-26)9-11-18)21(22(28)24-14-20(27)31-4)25-33(29,30)19-12-6-16(2)7-13-19/h1,6-13,15,21,25H,14H2,2-4H3,(H,24,28)/t21-,23-/m1/s1. The molecule has 0 saturated carbocycles. The molecule has 0 heterocycles. The average molecular weight is 473 g/mol. The number of aryl methyl sites for hydroxylation is 1. The normalized spacial score (nSPS) is 13.6. The summed E-state index contributed by atoms with van der Waals surface area (Å²) in [6, 6.07) is 10.2. The summed E-state index contributed by atoms with van der Waals surface area (Å²) in [5.74, 6) is 0.880. The van der Waals surface area contributed by atoms with Crippen molar-refractivity contribution >= 4 is 28.2 Å². The van der Waals surface area contributed by atoms with E-state index < -0.39 is 40.1 Å². The number of amides is 1. The Morgan fingerprint density at radius 1 is 1.15 bits per heavy atom. The largest absolute Gasteiger partial charge is 0.473 e. The summed E-state index contributed by atoms with van der Waals surface area (Å²) in [5.41, 5.74) is -0.588. The van der Waals surface area contributed by atoms with Gasteiger partial charge in [0, 0.05) is 5.56 Å². The number of methoxy groups -OCH3 is 1. The van der Waals surface area contributed by atoms with Gasteiger partial charge in [-0.25, -0.2) is 8.42 Å². The molecule has 2 N–H and O–H groups in total. The van der Waals surface area contributed by atoms with Crippen molar-refractivity contribution in [1.82, 2.24) is 10.0 Å². The Labute approximate surface area is 192 Å². The number of benzene rings is 2. The van der Waals surface area contributed by atoms with Gasteiger partial charge >= 0.3 is 5.97 Å². The molecule has 9 nitrogen and oxygen atoms in total. The second kappa shape index (κ2) is 10.8. The van der Waals surface area contributed by atoms with E-state index in [-0.39, 0.29) is 10.6 Å². The predicted octanol–water partition coefficient (Wildman–Crippen LogP) is 1.21. The minimum Gasteiger partial charge on any atom is -0.473 e. The Morgan fingerprint density at radius 2 is 1.76 bits per heavy atom. The van der Waals surface area contributed by atoms with E-state index in [1.807, 2.05) is 0 Å². The van der Waals surface area contributed by atoms with Crippen molar-refractivity contribution in [2.45, 2.75) is 30.4 Å². The molecule has 0 spiro atoms. The number of hydrogen-bond acceptors (Lipinski definition) is 7. The molecule has 33 heavy (non-hydrogen) atoms. The minimum atomic E-state index is -4.21. The molecule has 0 aliphatic carbocycles. The van der Waals surface area contributed by atoms with Gasteiger partial charge in [-0.2, -0.15) is 4.72 Å². The van der Waals surface area contributed by atoms with Crippen LogP contribution in [0.3, 0.4) is 0 Å². The second-order valence-corrected chi connectivity index (χ2v) is 8.92. The Kier molecular flexibility index (Phi) is 8.34. The second-order valence-electron chi connectivity index (χ2n) is 7.20. The van der Waals surface area contributed by atoms with Gasteiger partial charge < -0.3 is 14.8 Å². The number of carbonyl (C=O) groups excluding carboxylic acids is 3. The van der Waals surface area contributed by atoms with E-state index in [9.17, 15) is 22.8 Å². The number of sulfonamides is 1. The van der Waals surface area contributed by atoms with Crippen LogP contribution in [0.4, 0.5) is 0 Å². The van der Waals surface area contributed by atoms with Crippen molar-refractivity contribution < 1.29 is 32.3 Å². The molecule has 0 aromatic heterocycles. The van der Waals surface area contributed by atoms with E-state index in [2.05, 4.69) is 20.7 Å². The molecule has 1 amide bonds. The molecule has 0 unspecified atom stereocenters. The molecule has 2 aromatic carbocycles. The molecule has 10 heteroatoms. The van der Waals surface area contributed by atoms with Crippen molar-refractivity contribution in [2.75, 3.05) is 13.7 Å². The first kappa shape index (κ1) is 25.6. The highest BCUT2D eigenvalue weighted by Gasteiger charge is 2.43. The summed E-state index contributed by atoms with van der Waals surface area (Å²) in [7, 11) is -3.07. The quantitative estimate of drug-likeness (QED) is 0.302. The molecule has 2 atom stereocenters. The zero-order valence-electron chi connectivity index (χ0n) is 18.3. The third-order valence-electron chi connectivity index (χ3n) is 4.68. The highest BCUT2D eigenvalue weighted by atomic mass is 32.2. The Hall–Kier alpha value is -3.68. The van der Waals surface area contributed by atoms with Crippen LogP contribution in [-0.2, 0) is 24.3 Å². The number of hydrogen-bond donors (Lipinski definition) is 2. The van der Waals surface area contributed by atoms with Crippen LogP contribution in [0, 0.1) is 19.3 Å². The topological polar surface area (TPSA) is 128 Å². The Balaban J connectivity index is 2.42. The maximum atomic E-state index is 13.0. The van der Waals surface area contributed by atoms with Crippen LogP contribution >= 0.6 is 0 Å². The lowest BCUT2D eigenvalue weighted by Crippen LogP contribution is -2.61. The summed E-state index contributed by atoms with van der Waals surface area (Å²) in [6.07, 6.45) is 6.31. The third kappa shape index (κ3) is 6.65. The lowest BCUT2D eigenvalue weighted by Gasteiger charge is -2.33. The van der Waals surface area contributed by atoms with Crippen molar-refractivity contribution in [2.24, 2.45) is 0 Å². The highest BCUT2D eigenvalue weighted by Crippen LogP contribution is 2.23. The van der Waals surface area contributed by atoms with Crippen LogP contribution in [0.1, 0.15) is 22.8 Å². The monoisotopic (exact) mass is 472 g/mol. The maximum absolute atomic E-state index is 13.0. The number of aldehydes is 1. The summed E-state index contributed by atoms with van der Waals surface area (Å²) < 4.78 is 38.6. The van der Waals surface area contributed by atoms with Gasteiger partial charge in [-0.3, -0.25) is 14.4 Å². The predicted molar refractivity (Wildman–Crippen MR) is 120 cm³/mol. The molecule has 0 bridgehead atoms. The fourth-order valence-corrected chi connectivity index (χ4v) is 3.99. The van der Waals surface area contributed by atoms with Gasteiger partial charge in [-0.15, -0.1) is 6.42 Å². The number of esters is 1. The number of terminal acetylenes is 1. The average Bonchev–Trinajstić information content (AvgIpc) is 2.81. The zero-order chi connectivity index (χ0) is 24.6. The van der Waals surface area contributed by atoms with Crippen LogP contribution in [0.5, 0.6) is 5.75 Å². The summed E-state index contributed by atoms with van der Waals surface area (Å²) in [4.78, 5) is 35.2. The molecule has 0 aliphatic rings. The van der Waals surface area contributed by atoms with Gasteiger partial charge in [0.25, 0.3) is 0 Å². The third-order valence-corrected chi connectivity index (χ3v) is 6.12. The van der Waals surface area contributed by atoms with Crippen molar-refractivity contribution in [1.29, 1.82) is 0 Å². The van der Waals surface area contributed by atoms with Crippen LogP contribution in [0.2, 0.25) is 0 Å². The number of nitrogens with one attached hydrogen (secondary N) is 2. The van der Waals surface area contributed by atoms with Gasteiger partial charge in [0.2, 0.25) is 15.9 Å². The molecule has 2 aromatic rings. The van der Waals surface area contributed by atoms with Crippen molar-refractivity contribution in [3.05, 3.63) is 59.7 Å². The maximum Gasteiger partial charge on any atom is 0.325 e. The Bertz CT molecular complexity index is 1150. The molecular formula is C23H24N2O7S. The van der Waals surface area contributed by atoms with Gasteiger partial charge in [-0.1, -0.05) is 23.6 Å². The van der Waals surface area contributed by atoms with Crippen LogP contribution < -0.4 is 14.8 Å². The first-order valence-electron chi connectivity index (χ1n) is 9.70. The van der Waals surface area contributed by atoms with Crippen molar-refractivity contribution in [3.63, 3.8) is 0 Å². The summed E-state index contributed by atoms with van der Waals surface area (Å²) in [6.45, 7) is 2.64. The smallest absolute Gasteiger partial charge is 0.325 e. The summed E-state index contributed by atoms with van der Waals surface area (Å²) >= 11 is 0. The zero-order valence-corrected chi connectivity index (χ0v) is 19.1. The lowest BCUT2D eigenvalue weighted by atomic mass is 9.96. The fourth-order valence-electron chi connectivity index (χ4n) is 2.72. The lowest BCUT2D eigenvalue weighted by molar-refractivity contribution is -0.141. The number of carbonyl (C=O) groups is 3. The van der Waals surface area contributed by atoms with Gasteiger partial charge in [0.05, 0.1) is 12.0 Å². The van der Waals surface area contributed by atoms with Crippen LogP contribution in [0.15, 0.2) is 53.4 Å². The molecule has 174 valence electrons. The van der Waals surface area contributed by atoms with Gasteiger partial charge in [0.15, 0.2) is 11.6 Å². The number of ether oxygens (including phenoxy) is 2. The van der Waals surface area contributed by atoms with Gasteiger partial charge in [-0.05, 0) is 50.2 Å². The molecule has 0 radical (unpaired) electrons. The minimum absolute atomic E-state index is 0.0893. The highest BCUT2D eigenvalue weighted by molar-refractivity contribution is 7.89. The fraction of sp³-hybridized carbons (Fsp3) is 0.261. The number of rotatable bonds is 10. The van der Waals surface area contributed by atoms with E-state index in [1.54, 1.807) is 19.1 Å². The molecule has 2 rings (SSSR count). The Morgan fingerprint density at radius 3 is 2.27 bits per heavy atom. The molecule has 0 fully saturated rings. The van der Waals surface area contributed by atoms with E-state index >= 15 is 0 Å². The van der Waals surface area contributed by atoms with Crippen LogP contribution in [0.25, 0.3) is 0 Å². The first-order valence-corrected chi connectivity index (χ1v) is 11.2. The summed E-state index contributed by atoms with van der Waals surface area (Å²) in [5, 5.41) is 2.30. The van der Waals surface area contributed by atoms with Crippen molar-refractivity contribution in [3.8, 4) is 18.1 Å². The van der Waals surface area contributed by atoms with Gasteiger partial charge in [0.1, 0.15) is 18.6 Å². The van der Waals surface area contributed by atoms with E-state index in [0.29, 0.717) is 11.8 Å². The van der Waals surface area contributed by atoms with Crippen LogP contribution in [-0.4, -0.2) is 51.9 Å². The molecule has 0 saturated heterocycles. The van der Waals surface area contributed by atoms with E-state index in [4.69, 9.17) is 11.2 Å². The van der Waals surface area contributed by atoms with E-state index in [0.717, 1.165) is 12.7 Å². The SMILES string of the molecule is C#C[C@@](C)(Oc1ccc(C=O)cc1)[C@H](NS(=O)(=O)c1ccc(C)cc1)C(=O)NCC(=O)OC. The first-order chi connectivity index (χ1) is 15.5. The molecular weight excluding hydrogens is 448 g/mol.